The first-order valence-corrected chi connectivity index (χ1v) is 7.90. The predicted molar refractivity (Wildman–Crippen MR) is 84.0 cm³/mol. The molecular weight excluding hydrogens is 278 g/mol. The van der Waals surface area contributed by atoms with Gasteiger partial charge in [0.25, 0.3) is 5.56 Å². The van der Waals surface area contributed by atoms with Gasteiger partial charge in [-0.1, -0.05) is 0 Å². The molecule has 1 aromatic carbocycles. The van der Waals surface area contributed by atoms with Crippen molar-refractivity contribution in [2.45, 2.75) is 25.7 Å². The molecule has 2 N–H and O–H groups in total. The van der Waals surface area contributed by atoms with E-state index in [1.165, 1.54) is 31.7 Å². The minimum Gasteiger partial charge on any atom is -0.326 e. The molecule has 5 heteroatoms. The third kappa shape index (κ3) is 2.71. The summed E-state index contributed by atoms with van der Waals surface area (Å²) >= 11 is 0. The summed E-state index contributed by atoms with van der Waals surface area (Å²) < 4.78 is 1.66. The van der Waals surface area contributed by atoms with E-state index in [9.17, 15) is 9.59 Å². The lowest BCUT2D eigenvalue weighted by Gasteiger charge is -2.15. The Morgan fingerprint density at radius 3 is 2.23 bits per heavy atom. The standard InChI is InChI=1S/C17H19N3O2/c21-15-9-10-20(19-15)14-7-5-13(6-8-14)18-17(22)16(11-1-2-11)12-3-4-12/h5-12,16H,1-4H2,(H,18,22)(H,19,21). The molecule has 0 saturated heterocycles. The van der Waals surface area contributed by atoms with E-state index in [-0.39, 0.29) is 17.4 Å². The Morgan fingerprint density at radius 1 is 1.09 bits per heavy atom. The van der Waals surface area contributed by atoms with E-state index >= 15 is 0 Å². The zero-order chi connectivity index (χ0) is 15.1. The lowest BCUT2D eigenvalue weighted by atomic mass is 9.97. The van der Waals surface area contributed by atoms with Crippen LogP contribution in [0.25, 0.3) is 5.69 Å². The van der Waals surface area contributed by atoms with E-state index in [0.29, 0.717) is 11.8 Å². The van der Waals surface area contributed by atoms with Gasteiger partial charge < -0.3 is 5.32 Å². The number of amides is 1. The number of hydrogen-bond acceptors (Lipinski definition) is 2. The molecule has 4 rings (SSSR count). The van der Waals surface area contributed by atoms with Crippen molar-refractivity contribution in [2.75, 3.05) is 5.32 Å². The van der Waals surface area contributed by atoms with Crippen molar-refractivity contribution < 1.29 is 4.79 Å². The zero-order valence-corrected chi connectivity index (χ0v) is 12.3. The molecule has 1 heterocycles. The predicted octanol–water partition coefficient (Wildman–Crippen LogP) is 2.54. The second kappa shape index (κ2) is 5.16. The van der Waals surface area contributed by atoms with Gasteiger partial charge in [-0.05, 0) is 61.8 Å². The maximum Gasteiger partial charge on any atom is 0.264 e. The maximum absolute atomic E-state index is 12.5. The van der Waals surface area contributed by atoms with Crippen LogP contribution in [0.4, 0.5) is 5.69 Å². The summed E-state index contributed by atoms with van der Waals surface area (Å²) in [4.78, 5) is 23.6. The zero-order valence-electron chi connectivity index (χ0n) is 12.3. The first-order valence-electron chi connectivity index (χ1n) is 7.90. The SMILES string of the molecule is O=C(Nc1ccc(-n2ccc(=O)[nH]2)cc1)C(C1CC1)C1CC1. The quantitative estimate of drug-likeness (QED) is 0.890. The molecule has 5 nitrogen and oxygen atoms in total. The van der Waals surface area contributed by atoms with Crippen molar-refractivity contribution in [1.29, 1.82) is 0 Å². The first kappa shape index (κ1) is 13.4. The summed E-state index contributed by atoms with van der Waals surface area (Å²) in [5.41, 5.74) is 1.55. The van der Waals surface area contributed by atoms with Gasteiger partial charge in [0.1, 0.15) is 0 Å². The molecule has 0 bridgehead atoms. The fourth-order valence-corrected chi connectivity index (χ4v) is 3.14. The van der Waals surface area contributed by atoms with E-state index < -0.39 is 0 Å². The molecule has 114 valence electrons. The molecule has 2 aliphatic carbocycles. The second-order valence-electron chi connectivity index (χ2n) is 6.40. The number of carbonyl (C=O) groups is 1. The van der Waals surface area contributed by atoms with Crippen molar-refractivity contribution >= 4 is 11.6 Å². The summed E-state index contributed by atoms with van der Waals surface area (Å²) in [5, 5.41) is 5.74. The van der Waals surface area contributed by atoms with Gasteiger partial charge in [0.15, 0.2) is 0 Å². The summed E-state index contributed by atoms with van der Waals surface area (Å²) in [5.74, 6) is 1.60. The Bertz CT molecular complexity index is 724. The van der Waals surface area contributed by atoms with Gasteiger partial charge in [0.2, 0.25) is 5.91 Å². The molecule has 0 aliphatic heterocycles. The average Bonchev–Trinajstić information content (AvgIpc) is 3.43. The minimum atomic E-state index is -0.130. The number of aromatic nitrogens is 2. The summed E-state index contributed by atoms with van der Waals surface area (Å²) in [6, 6.07) is 9.00. The van der Waals surface area contributed by atoms with Gasteiger partial charge in [0.05, 0.1) is 5.69 Å². The molecule has 2 aromatic rings. The molecule has 0 atom stereocenters. The number of anilines is 1. The molecular formula is C17H19N3O2. The fourth-order valence-electron chi connectivity index (χ4n) is 3.14. The highest BCUT2D eigenvalue weighted by Crippen LogP contribution is 2.49. The molecule has 2 fully saturated rings. The Labute approximate surface area is 128 Å². The van der Waals surface area contributed by atoms with Gasteiger partial charge in [-0.2, -0.15) is 0 Å². The number of nitrogens with one attached hydrogen (secondary N) is 2. The summed E-state index contributed by atoms with van der Waals surface area (Å²) in [6.07, 6.45) is 6.50. The smallest absolute Gasteiger partial charge is 0.264 e. The second-order valence-corrected chi connectivity index (χ2v) is 6.40. The number of benzene rings is 1. The highest BCUT2D eigenvalue weighted by atomic mass is 16.2. The monoisotopic (exact) mass is 297 g/mol. The molecule has 0 unspecified atom stereocenters. The largest absolute Gasteiger partial charge is 0.326 e. The highest BCUT2D eigenvalue weighted by Gasteiger charge is 2.45. The van der Waals surface area contributed by atoms with E-state index in [1.807, 2.05) is 24.3 Å². The van der Waals surface area contributed by atoms with E-state index in [0.717, 1.165) is 11.4 Å². The highest BCUT2D eigenvalue weighted by molar-refractivity contribution is 5.93. The molecule has 0 radical (unpaired) electrons. The van der Waals surface area contributed by atoms with Crippen LogP contribution >= 0.6 is 0 Å². The maximum atomic E-state index is 12.5. The fraction of sp³-hybridized carbons (Fsp3) is 0.412. The lowest BCUT2D eigenvalue weighted by molar-refractivity contribution is -0.121. The van der Waals surface area contributed by atoms with Crippen LogP contribution in [0.2, 0.25) is 0 Å². The Morgan fingerprint density at radius 2 is 1.73 bits per heavy atom. The number of nitrogens with zero attached hydrogens (tertiary/aromatic N) is 1. The lowest BCUT2D eigenvalue weighted by Crippen LogP contribution is -2.26. The van der Waals surface area contributed by atoms with Gasteiger partial charge in [0, 0.05) is 23.9 Å². The van der Waals surface area contributed by atoms with Crippen LogP contribution in [-0.2, 0) is 4.79 Å². The summed E-state index contributed by atoms with van der Waals surface area (Å²) in [7, 11) is 0. The molecule has 2 aliphatic rings. The Balaban J connectivity index is 1.46. The van der Waals surface area contributed by atoms with Crippen molar-refractivity contribution in [2.24, 2.45) is 17.8 Å². The van der Waals surface area contributed by atoms with Crippen molar-refractivity contribution in [3.8, 4) is 5.69 Å². The normalized spacial score (nSPS) is 17.7. The Hall–Kier alpha value is -2.30. The summed E-state index contributed by atoms with van der Waals surface area (Å²) in [6.45, 7) is 0. The van der Waals surface area contributed by atoms with Crippen LogP contribution < -0.4 is 10.9 Å². The van der Waals surface area contributed by atoms with Crippen LogP contribution in [0.3, 0.4) is 0 Å². The van der Waals surface area contributed by atoms with Crippen molar-refractivity contribution in [1.82, 2.24) is 9.78 Å². The number of aromatic amines is 1. The van der Waals surface area contributed by atoms with Gasteiger partial charge in [-0.3, -0.25) is 19.4 Å². The van der Waals surface area contributed by atoms with Gasteiger partial charge in [-0.25, -0.2) is 0 Å². The first-order chi connectivity index (χ1) is 10.7. The van der Waals surface area contributed by atoms with E-state index in [4.69, 9.17) is 0 Å². The topological polar surface area (TPSA) is 66.9 Å². The minimum absolute atomic E-state index is 0.130. The third-order valence-corrected chi connectivity index (χ3v) is 4.58. The van der Waals surface area contributed by atoms with E-state index in [2.05, 4.69) is 10.4 Å². The van der Waals surface area contributed by atoms with Crippen molar-refractivity contribution in [3.63, 3.8) is 0 Å². The van der Waals surface area contributed by atoms with E-state index in [1.54, 1.807) is 10.9 Å². The average molecular weight is 297 g/mol. The molecule has 1 amide bonds. The number of rotatable bonds is 5. The number of hydrogen-bond donors (Lipinski definition) is 2. The third-order valence-electron chi connectivity index (χ3n) is 4.58. The van der Waals surface area contributed by atoms with Gasteiger partial charge >= 0.3 is 0 Å². The van der Waals surface area contributed by atoms with Crippen LogP contribution in [0.15, 0.2) is 41.3 Å². The Kier molecular flexibility index (Phi) is 3.13. The molecule has 0 spiro atoms. The van der Waals surface area contributed by atoms with Crippen LogP contribution in [0, 0.1) is 17.8 Å². The molecule has 2 saturated carbocycles. The number of carbonyl (C=O) groups excluding carboxylic acids is 1. The molecule has 22 heavy (non-hydrogen) atoms. The number of H-pyrrole nitrogens is 1. The molecule has 1 aromatic heterocycles. The van der Waals surface area contributed by atoms with Crippen molar-refractivity contribution in [3.05, 3.63) is 46.9 Å². The van der Waals surface area contributed by atoms with Gasteiger partial charge in [-0.15, -0.1) is 0 Å². The van der Waals surface area contributed by atoms with Crippen LogP contribution in [0.5, 0.6) is 0 Å². The van der Waals surface area contributed by atoms with Crippen LogP contribution in [0.1, 0.15) is 25.7 Å². The van der Waals surface area contributed by atoms with Crippen LogP contribution in [-0.4, -0.2) is 15.7 Å².